The second-order valence-corrected chi connectivity index (χ2v) is 10.6. The number of aromatic nitrogens is 4. The fourth-order valence-electron chi connectivity index (χ4n) is 5.24. The van der Waals surface area contributed by atoms with Gasteiger partial charge in [-0.2, -0.15) is 0 Å². The average Bonchev–Trinajstić information content (AvgIpc) is 3.42. The highest BCUT2D eigenvalue weighted by atomic mass is 19.1. The van der Waals surface area contributed by atoms with Gasteiger partial charge >= 0.3 is 12.0 Å². The molecule has 7 rings (SSSR count). The topological polar surface area (TPSA) is 159 Å². The van der Waals surface area contributed by atoms with Gasteiger partial charge in [0.05, 0.1) is 6.33 Å². The first kappa shape index (κ1) is 27.9. The number of urea groups is 1. The van der Waals surface area contributed by atoms with Gasteiger partial charge in [-0.25, -0.2) is 28.9 Å². The first-order valence-electron chi connectivity index (χ1n) is 14.0. The lowest BCUT2D eigenvalue weighted by Crippen LogP contribution is -2.33. The number of carbonyl (C=O) groups excluding carboxylic acids is 1. The summed E-state index contributed by atoms with van der Waals surface area (Å²) in [6.45, 7) is -0.229. The maximum Gasteiger partial charge on any atom is 0.339 e. The van der Waals surface area contributed by atoms with Crippen molar-refractivity contribution in [3.05, 3.63) is 84.2 Å². The van der Waals surface area contributed by atoms with Crippen LogP contribution in [0.4, 0.5) is 15.0 Å². The van der Waals surface area contributed by atoms with E-state index in [-0.39, 0.29) is 30.1 Å². The van der Waals surface area contributed by atoms with Gasteiger partial charge in [-0.3, -0.25) is 9.88 Å². The van der Waals surface area contributed by atoms with E-state index in [9.17, 15) is 19.1 Å². The standard InChI is InChI=1S/C30H27FN6O7/c31-19-8-4-7-18(29(38)39)23(19)41-13-20-24-25(44-21(43-24)12-9-16-5-2-1-3-6-16)28(42-20)37-15-34-22-26(32-14-33-27(22)37)36-30(40)35-17-10-11-17/h1-9,12,14-15,17,20-21,24-25,28H,10-11,13H2,(H,38,39)(H2,32,33,35,36,40)/b12-9+/t20?,21-,24?,25?,28?/m0/s1. The molecule has 0 spiro atoms. The van der Waals surface area contributed by atoms with Crippen LogP contribution in [0.15, 0.2) is 67.3 Å². The number of imidazole rings is 1. The molecule has 4 unspecified atom stereocenters. The molecule has 2 aliphatic heterocycles. The summed E-state index contributed by atoms with van der Waals surface area (Å²) < 4.78 is 40.8. The monoisotopic (exact) mass is 602 g/mol. The fourth-order valence-corrected chi connectivity index (χ4v) is 5.24. The maximum absolute atomic E-state index is 14.6. The van der Waals surface area contributed by atoms with Gasteiger partial charge in [0.2, 0.25) is 0 Å². The highest BCUT2D eigenvalue weighted by molar-refractivity contribution is 5.96. The number of carbonyl (C=O) groups is 2. The first-order valence-corrected chi connectivity index (χ1v) is 14.0. The molecule has 4 heterocycles. The molecule has 3 aliphatic rings. The molecule has 1 saturated carbocycles. The quantitative estimate of drug-likeness (QED) is 0.258. The number of hydrogen-bond donors (Lipinski definition) is 3. The lowest BCUT2D eigenvalue weighted by Gasteiger charge is -2.21. The highest BCUT2D eigenvalue weighted by Crippen LogP contribution is 2.41. The average molecular weight is 603 g/mol. The van der Waals surface area contributed by atoms with E-state index in [4.69, 9.17) is 18.9 Å². The lowest BCUT2D eigenvalue weighted by atomic mass is 10.1. The smallest absolute Gasteiger partial charge is 0.339 e. The first-order chi connectivity index (χ1) is 21.4. The number of rotatable bonds is 9. The van der Waals surface area contributed by atoms with Crippen LogP contribution in [-0.2, 0) is 14.2 Å². The van der Waals surface area contributed by atoms with E-state index < -0.39 is 48.4 Å². The van der Waals surface area contributed by atoms with Gasteiger partial charge in [-0.15, -0.1) is 0 Å². The number of benzene rings is 2. The van der Waals surface area contributed by atoms with Gasteiger partial charge in [0, 0.05) is 6.04 Å². The Morgan fingerprint density at radius 1 is 1.05 bits per heavy atom. The number of nitrogens with zero attached hydrogens (tertiary/aromatic N) is 4. The van der Waals surface area contributed by atoms with E-state index in [1.54, 1.807) is 10.6 Å². The highest BCUT2D eigenvalue weighted by Gasteiger charge is 2.53. The Bertz CT molecular complexity index is 1730. The van der Waals surface area contributed by atoms with E-state index in [1.807, 2.05) is 36.4 Å². The summed E-state index contributed by atoms with van der Waals surface area (Å²) in [7, 11) is 0. The number of ether oxygens (including phenoxy) is 4. The molecule has 14 heteroatoms. The van der Waals surface area contributed by atoms with Gasteiger partial charge < -0.3 is 29.4 Å². The number of carboxylic acids is 1. The van der Waals surface area contributed by atoms with E-state index in [2.05, 4.69) is 25.6 Å². The van der Waals surface area contributed by atoms with Crippen LogP contribution >= 0.6 is 0 Å². The summed E-state index contributed by atoms with van der Waals surface area (Å²) in [4.78, 5) is 37.1. The zero-order chi connectivity index (χ0) is 30.2. The van der Waals surface area contributed by atoms with Crippen molar-refractivity contribution in [3.63, 3.8) is 0 Å². The molecular formula is C30H27FN6O7. The number of nitrogens with one attached hydrogen (secondary N) is 2. The number of fused-ring (bicyclic) bond motifs is 2. The largest absolute Gasteiger partial charge is 0.487 e. The van der Waals surface area contributed by atoms with Gasteiger partial charge in [0.25, 0.3) is 0 Å². The molecular weight excluding hydrogens is 575 g/mol. The molecule has 2 amide bonds. The number of anilines is 1. The Morgan fingerprint density at radius 3 is 2.66 bits per heavy atom. The second-order valence-electron chi connectivity index (χ2n) is 10.6. The zero-order valence-electron chi connectivity index (χ0n) is 23.1. The van der Waals surface area contributed by atoms with E-state index in [0.717, 1.165) is 24.5 Å². The van der Waals surface area contributed by atoms with Crippen LogP contribution in [-0.4, -0.2) is 73.9 Å². The van der Waals surface area contributed by atoms with Crippen molar-refractivity contribution >= 4 is 35.1 Å². The summed E-state index contributed by atoms with van der Waals surface area (Å²) in [6.07, 6.45) is 4.65. The van der Waals surface area contributed by atoms with Crippen molar-refractivity contribution < 1.29 is 38.0 Å². The Balaban J connectivity index is 1.16. The molecule has 5 atom stereocenters. The Morgan fingerprint density at radius 2 is 1.86 bits per heavy atom. The van der Waals surface area contributed by atoms with Crippen molar-refractivity contribution in [3.8, 4) is 5.75 Å². The van der Waals surface area contributed by atoms with Gasteiger partial charge in [-0.05, 0) is 36.6 Å². The molecule has 3 N–H and O–H groups in total. The minimum atomic E-state index is -1.33. The predicted octanol–water partition coefficient (Wildman–Crippen LogP) is 3.75. The van der Waals surface area contributed by atoms with Gasteiger partial charge in [0.1, 0.15) is 36.8 Å². The Hall–Kier alpha value is -4.92. The van der Waals surface area contributed by atoms with Crippen LogP contribution in [0.25, 0.3) is 17.2 Å². The number of para-hydroxylation sites is 1. The summed E-state index contributed by atoms with van der Waals surface area (Å²) in [5.74, 6) is -2.31. The molecule has 2 aromatic carbocycles. The third-order valence-electron chi connectivity index (χ3n) is 7.48. The van der Waals surface area contributed by atoms with Crippen LogP contribution in [0.1, 0.15) is 35.0 Å². The van der Waals surface area contributed by atoms with Crippen molar-refractivity contribution in [2.75, 3.05) is 11.9 Å². The van der Waals surface area contributed by atoms with Gasteiger partial charge in [-0.1, -0.05) is 42.5 Å². The normalized spacial score (nSPS) is 24.4. The van der Waals surface area contributed by atoms with Crippen LogP contribution < -0.4 is 15.4 Å². The molecule has 226 valence electrons. The molecule has 13 nitrogen and oxygen atoms in total. The van der Waals surface area contributed by atoms with E-state index in [0.29, 0.717) is 11.2 Å². The second kappa shape index (κ2) is 11.6. The molecule has 1 aliphatic carbocycles. The summed E-state index contributed by atoms with van der Waals surface area (Å²) in [5.41, 5.74) is 1.36. The number of hydrogen-bond acceptors (Lipinski definition) is 9. The number of halogens is 1. The van der Waals surface area contributed by atoms with Crippen LogP contribution in [0, 0.1) is 5.82 Å². The molecule has 3 fully saturated rings. The zero-order valence-corrected chi connectivity index (χ0v) is 23.1. The molecule has 4 aromatic rings. The third kappa shape index (κ3) is 5.57. The summed E-state index contributed by atoms with van der Waals surface area (Å²) in [5, 5.41) is 15.1. The van der Waals surface area contributed by atoms with Crippen molar-refractivity contribution in [1.82, 2.24) is 24.8 Å². The van der Waals surface area contributed by atoms with Gasteiger partial charge in [0.15, 0.2) is 41.1 Å². The third-order valence-corrected chi connectivity index (χ3v) is 7.48. The molecule has 44 heavy (non-hydrogen) atoms. The van der Waals surface area contributed by atoms with Crippen molar-refractivity contribution in [1.29, 1.82) is 0 Å². The maximum atomic E-state index is 14.6. The molecule has 2 saturated heterocycles. The minimum absolute atomic E-state index is 0.159. The van der Waals surface area contributed by atoms with E-state index >= 15 is 0 Å². The summed E-state index contributed by atoms with van der Waals surface area (Å²) >= 11 is 0. The number of amides is 2. The minimum Gasteiger partial charge on any atom is -0.487 e. The van der Waals surface area contributed by atoms with Crippen LogP contribution in [0.2, 0.25) is 0 Å². The molecule has 0 radical (unpaired) electrons. The molecule has 2 aromatic heterocycles. The van der Waals surface area contributed by atoms with E-state index in [1.165, 1.54) is 24.8 Å². The number of carboxylic acid groups (broad SMARTS) is 1. The van der Waals surface area contributed by atoms with Crippen molar-refractivity contribution in [2.24, 2.45) is 0 Å². The van der Waals surface area contributed by atoms with Crippen LogP contribution in [0.3, 0.4) is 0 Å². The van der Waals surface area contributed by atoms with Crippen molar-refractivity contribution in [2.45, 2.75) is 49.7 Å². The summed E-state index contributed by atoms with van der Waals surface area (Å²) in [6, 6.07) is 13.1. The fraction of sp³-hybridized carbons (Fsp3) is 0.300. The van der Waals surface area contributed by atoms with Crippen LogP contribution in [0.5, 0.6) is 5.75 Å². The number of aromatic carboxylic acids is 1. The predicted molar refractivity (Wildman–Crippen MR) is 152 cm³/mol. The molecule has 0 bridgehead atoms. The lowest BCUT2D eigenvalue weighted by molar-refractivity contribution is -0.131. The SMILES string of the molecule is O=C(Nc1ncnc2c1ncn2C1OC(COc2c(F)cccc2C(=O)O)C2O[C@H](/C=C/c3ccccc3)OC21)NC1CC1. The Labute approximate surface area is 249 Å². The Kier molecular flexibility index (Phi) is 7.37.